The fourth-order valence-corrected chi connectivity index (χ4v) is 2.69. The van der Waals surface area contributed by atoms with Crippen molar-refractivity contribution in [3.63, 3.8) is 0 Å². The molecule has 118 valence electrons. The lowest BCUT2D eigenvalue weighted by Crippen LogP contribution is -2.59. The molecule has 1 aliphatic heterocycles. The Morgan fingerprint density at radius 2 is 2.13 bits per heavy atom. The minimum atomic E-state index is -0.153. The average molecular weight is 312 g/mol. The molecule has 0 atom stereocenters. The molecule has 0 radical (unpaired) electrons. The third kappa shape index (κ3) is 2.30. The summed E-state index contributed by atoms with van der Waals surface area (Å²) in [5, 5.41) is 15.3. The lowest BCUT2D eigenvalue weighted by Gasteiger charge is -2.40. The Labute approximate surface area is 131 Å². The molecule has 9 heteroatoms. The summed E-state index contributed by atoms with van der Waals surface area (Å²) in [6.45, 7) is 3.28. The molecule has 0 unspecified atom stereocenters. The maximum Gasteiger partial charge on any atom is 0.272 e. The molecular formula is C14H16N8O. The summed E-state index contributed by atoms with van der Waals surface area (Å²) in [6.07, 6.45) is 5.33. The number of nitrogens with one attached hydrogen (secondary N) is 1. The second-order valence-corrected chi connectivity index (χ2v) is 5.64. The van der Waals surface area contributed by atoms with Crippen LogP contribution in [0.25, 0.3) is 5.65 Å². The zero-order valence-corrected chi connectivity index (χ0v) is 12.8. The molecule has 4 heterocycles. The van der Waals surface area contributed by atoms with Crippen molar-refractivity contribution >= 4 is 17.4 Å². The number of carbonyl (C=O) groups excluding carboxylic acids is 1. The zero-order valence-electron chi connectivity index (χ0n) is 12.8. The maximum absolute atomic E-state index is 12.1. The Hall–Kier alpha value is -2.97. The standard InChI is InChI=1S/C14H16N8O/c1-9-17-18-13-12(15-4-6-22(9)13)21-7-10(8-21)16-14(23)11-3-5-20(2)19-11/h3-6,10H,7-8H2,1-2H3,(H,16,23). The van der Waals surface area contributed by atoms with Crippen LogP contribution in [0, 0.1) is 6.92 Å². The smallest absolute Gasteiger partial charge is 0.272 e. The molecule has 0 saturated carbocycles. The molecule has 0 aromatic carbocycles. The molecule has 1 N–H and O–H groups in total. The van der Waals surface area contributed by atoms with E-state index < -0.39 is 0 Å². The largest absolute Gasteiger partial charge is 0.349 e. The molecule has 9 nitrogen and oxygen atoms in total. The predicted molar refractivity (Wildman–Crippen MR) is 82.2 cm³/mol. The molecule has 1 aliphatic rings. The van der Waals surface area contributed by atoms with E-state index in [0.29, 0.717) is 18.8 Å². The van der Waals surface area contributed by atoms with Gasteiger partial charge in [0.15, 0.2) is 5.82 Å². The van der Waals surface area contributed by atoms with Crippen LogP contribution >= 0.6 is 0 Å². The number of hydrogen-bond acceptors (Lipinski definition) is 6. The summed E-state index contributed by atoms with van der Waals surface area (Å²) < 4.78 is 3.52. The molecular weight excluding hydrogens is 296 g/mol. The van der Waals surface area contributed by atoms with Crippen molar-refractivity contribution < 1.29 is 4.79 Å². The van der Waals surface area contributed by atoms with Crippen LogP contribution < -0.4 is 10.2 Å². The molecule has 23 heavy (non-hydrogen) atoms. The van der Waals surface area contributed by atoms with Gasteiger partial charge < -0.3 is 10.2 Å². The topological polar surface area (TPSA) is 93.2 Å². The van der Waals surface area contributed by atoms with Gasteiger partial charge in [0.05, 0.1) is 6.04 Å². The number of aryl methyl sites for hydroxylation is 2. The second-order valence-electron chi connectivity index (χ2n) is 5.64. The number of amides is 1. The molecule has 3 aromatic heterocycles. The monoisotopic (exact) mass is 312 g/mol. The van der Waals surface area contributed by atoms with E-state index in [9.17, 15) is 4.79 Å². The van der Waals surface area contributed by atoms with Gasteiger partial charge in [0, 0.05) is 38.7 Å². The van der Waals surface area contributed by atoms with E-state index in [-0.39, 0.29) is 11.9 Å². The van der Waals surface area contributed by atoms with E-state index in [1.807, 2.05) is 17.5 Å². The number of carbonyl (C=O) groups is 1. The van der Waals surface area contributed by atoms with Crippen molar-refractivity contribution in [2.75, 3.05) is 18.0 Å². The highest BCUT2D eigenvalue weighted by Gasteiger charge is 2.31. The molecule has 1 fully saturated rings. The van der Waals surface area contributed by atoms with Crippen LogP contribution in [0.2, 0.25) is 0 Å². The number of fused-ring (bicyclic) bond motifs is 1. The zero-order chi connectivity index (χ0) is 16.0. The number of hydrogen-bond donors (Lipinski definition) is 1. The minimum absolute atomic E-state index is 0.0792. The Morgan fingerprint density at radius 1 is 1.30 bits per heavy atom. The number of anilines is 1. The summed E-state index contributed by atoms with van der Waals surface area (Å²) in [4.78, 5) is 18.5. The van der Waals surface area contributed by atoms with Gasteiger partial charge in [0.2, 0.25) is 5.65 Å². The van der Waals surface area contributed by atoms with Crippen LogP contribution in [0.4, 0.5) is 5.82 Å². The summed E-state index contributed by atoms with van der Waals surface area (Å²) >= 11 is 0. The third-order valence-corrected chi connectivity index (χ3v) is 3.94. The van der Waals surface area contributed by atoms with Crippen molar-refractivity contribution in [1.82, 2.24) is 34.7 Å². The van der Waals surface area contributed by atoms with E-state index >= 15 is 0 Å². The van der Waals surface area contributed by atoms with Gasteiger partial charge in [0.25, 0.3) is 5.91 Å². The van der Waals surface area contributed by atoms with Crippen LogP contribution in [-0.2, 0) is 7.05 Å². The normalized spacial score (nSPS) is 15.0. The molecule has 4 rings (SSSR count). The summed E-state index contributed by atoms with van der Waals surface area (Å²) in [7, 11) is 1.79. The van der Waals surface area contributed by atoms with Gasteiger partial charge in [-0.05, 0) is 13.0 Å². The first kappa shape index (κ1) is 13.7. The Morgan fingerprint density at radius 3 is 2.87 bits per heavy atom. The van der Waals surface area contributed by atoms with Gasteiger partial charge >= 0.3 is 0 Å². The van der Waals surface area contributed by atoms with E-state index in [1.165, 1.54) is 0 Å². The van der Waals surface area contributed by atoms with E-state index in [2.05, 4.69) is 30.5 Å². The first-order chi connectivity index (χ1) is 11.1. The molecule has 3 aromatic rings. The molecule has 1 amide bonds. The van der Waals surface area contributed by atoms with Gasteiger partial charge in [-0.2, -0.15) is 5.10 Å². The lowest BCUT2D eigenvalue weighted by molar-refractivity contribution is 0.0924. The van der Waals surface area contributed by atoms with Gasteiger partial charge in [-0.15, -0.1) is 10.2 Å². The highest BCUT2D eigenvalue weighted by molar-refractivity contribution is 5.92. The number of rotatable bonds is 3. The summed E-state index contributed by atoms with van der Waals surface area (Å²) in [6, 6.07) is 1.78. The summed E-state index contributed by atoms with van der Waals surface area (Å²) in [5.74, 6) is 1.46. The highest BCUT2D eigenvalue weighted by Crippen LogP contribution is 2.22. The Kier molecular flexibility index (Phi) is 3.00. The van der Waals surface area contributed by atoms with Crippen LogP contribution in [0.15, 0.2) is 24.7 Å². The van der Waals surface area contributed by atoms with Crippen molar-refractivity contribution in [1.29, 1.82) is 0 Å². The molecule has 0 spiro atoms. The minimum Gasteiger partial charge on any atom is -0.349 e. The Bertz CT molecular complexity index is 876. The quantitative estimate of drug-likeness (QED) is 0.719. The van der Waals surface area contributed by atoms with E-state index in [1.54, 1.807) is 30.2 Å². The van der Waals surface area contributed by atoms with Gasteiger partial charge in [-0.1, -0.05) is 0 Å². The third-order valence-electron chi connectivity index (χ3n) is 3.94. The number of nitrogens with zero attached hydrogens (tertiary/aromatic N) is 7. The first-order valence-electron chi connectivity index (χ1n) is 7.33. The van der Waals surface area contributed by atoms with Crippen molar-refractivity contribution in [2.24, 2.45) is 7.05 Å². The van der Waals surface area contributed by atoms with Gasteiger partial charge in [-0.3, -0.25) is 13.9 Å². The fourth-order valence-electron chi connectivity index (χ4n) is 2.69. The second kappa shape index (κ2) is 5.04. The highest BCUT2D eigenvalue weighted by atomic mass is 16.2. The van der Waals surface area contributed by atoms with Gasteiger partial charge in [-0.25, -0.2) is 4.98 Å². The predicted octanol–water partition coefficient (Wildman–Crippen LogP) is -0.215. The van der Waals surface area contributed by atoms with Crippen LogP contribution in [0.5, 0.6) is 0 Å². The molecule has 0 bridgehead atoms. The molecule has 1 saturated heterocycles. The fraction of sp³-hybridized carbons (Fsp3) is 0.357. The van der Waals surface area contributed by atoms with Crippen molar-refractivity contribution in [3.05, 3.63) is 36.2 Å². The average Bonchev–Trinajstić information content (AvgIpc) is 3.09. The van der Waals surface area contributed by atoms with Crippen molar-refractivity contribution in [3.8, 4) is 0 Å². The van der Waals surface area contributed by atoms with Gasteiger partial charge in [0.1, 0.15) is 11.5 Å². The van der Waals surface area contributed by atoms with Crippen LogP contribution in [-0.4, -0.2) is 54.4 Å². The Balaban J connectivity index is 1.44. The lowest BCUT2D eigenvalue weighted by atomic mass is 10.1. The van der Waals surface area contributed by atoms with E-state index in [4.69, 9.17) is 0 Å². The van der Waals surface area contributed by atoms with Crippen LogP contribution in [0.1, 0.15) is 16.3 Å². The van der Waals surface area contributed by atoms with Crippen LogP contribution in [0.3, 0.4) is 0 Å². The first-order valence-corrected chi connectivity index (χ1v) is 7.33. The number of aromatic nitrogens is 6. The molecule has 0 aliphatic carbocycles. The van der Waals surface area contributed by atoms with Crippen molar-refractivity contribution in [2.45, 2.75) is 13.0 Å². The summed E-state index contributed by atoms with van der Waals surface area (Å²) in [5.41, 5.74) is 1.17. The SMILES string of the molecule is Cc1nnc2c(N3CC(NC(=O)c4ccn(C)n4)C3)nccn12. The maximum atomic E-state index is 12.1. The van der Waals surface area contributed by atoms with E-state index in [0.717, 1.165) is 17.3 Å².